The maximum atomic E-state index is 13.7. The maximum Gasteiger partial charge on any atom is 0.343 e. The van der Waals surface area contributed by atoms with E-state index in [1.807, 2.05) is 6.07 Å². The number of allylic oxidation sites excluding steroid dienone is 1. The Morgan fingerprint density at radius 2 is 1.95 bits per heavy atom. The molecule has 0 fully saturated rings. The summed E-state index contributed by atoms with van der Waals surface area (Å²) in [5.41, 5.74) is 1.69. The molecule has 10 heteroatoms. The molecule has 0 spiro atoms. The van der Waals surface area contributed by atoms with Crippen LogP contribution in [-0.2, 0) is 19.1 Å². The summed E-state index contributed by atoms with van der Waals surface area (Å²) in [4.78, 5) is 43.3. The van der Waals surface area contributed by atoms with Crippen LogP contribution in [0.15, 0.2) is 69.6 Å². The van der Waals surface area contributed by atoms with E-state index in [2.05, 4.69) is 9.73 Å². The first-order chi connectivity index (χ1) is 17.7. The molecular weight excluding hydrogens is 516 g/mol. The number of aromatic nitrogens is 1. The maximum absolute atomic E-state index is 13.7. The van der Waals surface area contributed by atoms with Gasteiger partial charge in [-0.3, -0.25) is 9.36 Å². The molecule has 1 aromatic heterocycles. The van der Waals surface area contributed by atoms with Gasteiger partial charge in [-0.15, -0.1) is 0 Å². The largest absolute Gasteiger partial charge is 0.482 e. The number of carbonyl (C=O) groups is 2. The SMILES string of the molecule is COC(=O)COc1cccc(C=c2sc3n(c2=O)C(c2ccccc2Cl)C(C(=O)OC(C)C)=C(C)N=3)c1. The Hall–Kier alpha value is -3.69. The molecule has 0 radical (unpaired) electrons. The van der Waals surface area contributed by atoms with Crippen LogP contribution >= 0.6 is 22.9 Å². The second-order valence-corrected chi connectivity index (χ2v) is 9.91. The number of esters is 2. The number of rotatable bonds is 7. The summed E-state index contributed by atoms with van der Waals surface area (Å²) in [5.74, 6) is -0.596. The van der Waals surface area contributed by atoms with E-state index < -0.39 is 18.0 Å². The fourth-order valence-electron chi connectivity index (χ4n) is 3.90. The molecule has 1 atom stereocenters. The molecule has 2 aromatic carbocycles. The minimum Gasteiger partial charge on any atom is -0.482 e. The molecule has 0 saturated heterocycles. The Morgan fingerprint density at radius 1 is 1.19 bits per heavy atom. The van der Waals surface area contributed by atoms with E-state index in [0.29, 0.717) is 36.9 Å². The van der Waals surface area contributed by atoms with Crippen LogP contribution in [0.3, 0.4) is 0 Å². The zero-order chi connectivity index (χ0) is 26.7. The summed E-state index contributed by atoms with van der Waals surface area (Å²) in [6, 6.07) is 13.3. The second kappa shape index (κ2) is 11.1. The third kappa shape index (κ3) is 5.68. The van der Waals surface area contributed by atoms with Crippen molar-refractivity contribution in [2.75, 3.05) is 13.7 Å². The Morgan fingerprint density at radius 3 is 2.65 bits per heavy atom. The molecule has 0 aliphatic carbocycles. The van der Waals surface area contributed by atoms with Crippen molar-refractivity contribution in [3.63, 3.8) is 0 Å². The summed E-state index contributed by atoms with van der Waals surface area (Å²) in [5, 5.41) is 0.419. The highest BCUT2D eigenvalue weighted by Gasteiger charge is 2.34. The van der Waals surface area contributed by atoms with E-state index in [0.717, 1.165) is 0 Å². The first-order valence-electron chi connectivity index (χ1n) is 11.5. The monoisotopic (exact) mass is 540 g/mol. The van der Waals surface area contributed by atoms with Crippen LogP contribution in [0.4, 0.5) is 0 Å². The highest BCUT2D eigenvalue weighted by molar-refractivity contribution is 7.07. The van der Waals surface area contributed by atoms with E-state index >= 15 is 0 Å². The van der Waals surface area contributed by atoms with Crippen molar-refractivity contribution in [1.29, 1.82) is 0 Å². The topological polar surface area (TPSA) is 96.2 Å². The van der Waals surface area contributed by atoms with Gasteiger partial charge < -0.3 is 14.2 Å². The summed E-state index contributed by atoms with van der Waals surface area (Å²) in [6.07, 6.45) is 1.36. The Labute approximate surface area is 222 Å². The second-order valence-electron chi connectivity index (χ2n) is 8.49. The highest BCUT2D eigenvalue weighted by Crippen LogP contribution is 2.34. The average molecular weight is 541 g/mol. The van der Waals surface area contributed by atoms with Gasteiger partial charge in [0.15, 0.2) is 11.4 Å². The lowest BCUT2D eigenvalue weighted by Crippen LogP contribution is -2.40. The zero-order valence-electron chi connectivity index (χ0n) is 20.7. The van der Waals surface area contributed by atoms with Crippen molar-refractivity contribution in [2.24, 2.45) is 4.99 Å². The smallest absolute Gasteiger partial charge is 0.343 e. The Bertz CT molecular complexity index is 1570. The molecule has 2 heterocycles. The van der Waals surface area contributed by atoms with Gasteiger partial charge in [-0.25, -0.2) is 14.6 Å². The fraction of sp³-hybridized carbons (Fsp3) is 0.259. The lowest BCUT2D eigenvalue weighted by Gasteiger charge is -2.26. The lowest BCUT2D eigenvalue weighted by atomic mass is 9.96. The number of nitrogens with zero attached hydrogens (tertiary/aromatic N) is 2. The van der Waals surface area contributed by atoms with Gasteiger partial charge in [0, 0.05) is 5.02 Å². The molecule has 0 N–H and O–H groups in total. The van der Waals surface area contributed by atoms with Crippen molar-refractivity contribution in [3.05, 3.63) is 95.6 Å². The van der Waals surface area contributed by atoms with Gasteiger partial charge >= 0.3 is 11.9 Å². The van der Waals surface area contributed by atoms with Crippen LogP contribution < -0.4 is 19.6 Å². The van der Waals surface area contributed by atoms with Crippen LogP contribution in [-0.4, -0.2) is 36.3 Å². The minimum absolute atomic E-state index is 0.228. The van der Waals surface area contributed by atoms with E-state index in [9.17, 15) is 14.4 Å². The van der Waals surface area contributed by atoms with Crippen LogP contribution in [0, 0.1) is 0 Å². The molecule has 0 bridgehead atoms. The van der Waals surface area contributed by atoms with Gasteiger partial charge in [0.1, 0.15) is 11.8 Å². The molecule has 4 rings (SSSR count). The fourth-order valence-corrected chi connectivity index (χ4v) is 5.18. The van der Waals surface area contributed by atoms with Gasteiger partial charge in [0.05, 0.1) is 29.0 Å². The van der Waals surface area contributed by atoms with E-state index in [1.54, 1.807) is 69.3 Å². The van der Waals surface area contributed by atoms with Crippen molar-refractivity contribution in [2.45, 2.75) is 32.9 Å². The number of thiazole rings is 1. The van der Waals surface area contributed by atoms with Crippen molar-refractivity contribution < 1.29 is 23.8 Å². The normalized spacial score (nSPS) is 15.3. The van der Waals surface area contributed by atoms with Gasteiger partial charge in [0.2, 0.25) is 0 Å². The van der Waals surface area contributed by atoms with Crippen LogP contribution in [0.25, 0.3) is 6.08 Å². The summed E-state index contributed by atoms with van der Waals surface area (Å²) in [6.45, 7) is 5.02. The third-order valence-corrected chi connectivity index (χ3v) is 6.85. The van der Waals surface area contributed by atoms with E-state index in [4.69, 9.17) is 21.1 Å². The number of carbonyl (C=O) groups excluding carboxylic acids is 2. The first kappa shape index (κ1) is 26.4. The predicted molar refractivity (Wildman–Crippen MR) is 140 cm³/mol. The standard InChI is InChI=1S/C27H25ClN2O6S/c1-15(2)36-26(33)23-16(3)29-27-30(24(23)19-10-5-6-11-20(19)28)25(32)21(37-27)13-17-8-7-9-18(12-17)35-14-22(31)34-4/h5-13,15,24H,14H2,1-4H3. The molecule has 0 amide bonds. The number of hydrogen-bond acceptors (Lipinski definition) is 8. The number of methoxy groups -OCH3 is 1. The number of halogens is 1. The summed E-state index contributed by atoms with van der Waals surface area (Å²) >= 11 is 7.75. The molecule has 3 aromatic rings. The number of ether oxygens (including phenoxy) is 3. The summed E-state index contributed by atoms with van der Waals surface area (Å²) in [7, 11) is 1.29. The van der Waals surface area contributed by atoms with Gasteiger partial charge in [-0.05, 0) is 56.2 Å². The number of fused-ring (bicyclic) bond motifs is 1. The van der Waals surface area contributed by atoms with Gasteiger partial charge in [-0.2, -0.15) is 0 Å². The van der Waals surface area contributed by atoms with E-state index in [1.165, 1.54) is 23.0 Å². The van der Waals surface area contributed by atoms with Crippen molar-refractivity contribution in [1.82, 2.24) is 4.57 Å². The first-order valence-corrected chi connectivity index (χ1v) is 12.7. The highest BCUT2D eigenvalue weighted by atomic mass is 35.5. The molecule has 37 heavy (non-hydrogen) atoms. The molecule has 1 unspecified atom stereocenters. The Balaban J connectivity index is 1.84. The predicted octanol–water partition coefficient (Wildman–Crippen LogP) is 3.39. The van der Waals surface area contributed by atoms with Crippen LogP contribution in [0.2, 0.25) is 5.02 Å². The molecule has 1 aliphatic rings. The lowest BCUT2D eigenvalue weighted by molar-refractivity contribution is -0.144. The minimum atomic E-state index is -0.798. The van der Waals surface area contributed by atoms with Crippen molar-refractivity contribution in [3.8, 4) is 5.75 Å². The number of benzene rings is 2. The van der Waals surface area contributed by atoms with Crippen LogP contribution in [0.1, 0.15) is 37.9 Å². The van der Waals surface area contributed by atoms with E-state index in [-0.39, 0.29) is 23.8 Å². The molecular formula is C27H25ClN2O6S. The third-order valence-electron chi connectivity index (χ3n) is 5.52. The molecule has 8 nitrogen and oxygen atoms in total. The van der Waals surface area contributed by atoms with Gasteiger partial charge in [0.25, 0.3) is 5.56 Å². The van der Waals surface area contributed by atoms with Gasteiger partial charge in [-0.1, -0.05) is 53.3 Å². The molecule has 1 aliphatic heterocycles. The number of hydrogen-bond donors (Lipinski definition) is 0. The van der Waals surface area contributed by atoms with Crippen LogP contribution in [0.5, 0.6) is 5.75 Å². The van der Waals surface area contributed by atoms with Crippen molar-refractivity contribution >= 4 is 41.0 Å². The summed E-state index contributed by atoms with van der Waals surface area (Å²) < 4.78 is 17.5. The molecule has 192 valence electrons. The quantitative estimate of drug-likeness (QED) is 0.426. The zero-order valence-corrected chi connectivity index (χ0v) is 22.3. The molecule has 0 saturated carbocycles. The average Bonchev–Trinajstić information content (AvgIpc) is 3.16. The Kier molecular flexibility index (Phi) is 7.94.